The lowest BCUT2D eigenvalue weighted by Gasteiger charge is -2.41. The largest absolute Gasteiger partial charge is 0.478 e. The molecule has 1 aliphatic rings. The van der Waals surface area contributed by atoms with Crippen LogP contribution < -0.4 is 10.6 Å². The maximum absolute atomic E-state index is 14.1. The minimum absolute atomic E-state index is 0.0361. The van der Waals surface area contributed by atoms with Crippen molar-refractivity contribution < 1.29 is 14.3 Å². The first kappa shape index (κ1) is 13.6. The molecule has 0 unspecified atom stereocenters. The monoisotopic (exact) mass is 266 g/mol. The zero-order valence-electron chi connectivity index (χ0n) is 11.2. The van der Waals surface area contributed by atoms with Crippen LogP contribution in [0.1, 0.15) is 43.5 Å². The summed E-state index contributed by atoms with van der Waals surface area (Å²) in [6, 6.07) is 2.85. The molecule has 0 bridgehead atoms. The van der Waals surface area contributed by atoms with Crippen molar-refractivity contribution in [3.63, 3.8) is 0 Å². The van der Waals surface area contributed by atoms with Gasteiger partial charge in [-0.2, -0.15) is 0 Å². The summed E-state index contributed by atoms with van der Waals surface area (Å²) in [7, 11) is 0. The fourth-order valence-electron chi connectivity index (χ4n) is 2.86. The summed E-state index contributed by atoms with van der Waals surface area (Å²) in [5.74, 6) is -1.58. The van der Waals surface area contributed by atoms with Crippen LogP contribution in [-0.2, 0) is 0 Å². The third-order valence-electron chi connectivity index (χ3n) is 3.82. The summed E-state index contributed by atoms with van der Waals surface area (Å²) < 4.78 is 14.1. The summed E-state index contributed by atoms with van der Waals surface area (Å²) in [4.78, 5) is 13.1. The average molecular weight is 266 g/mol. The fraction of sp³-hybridized carbons (Fsp3) is 0.500. The average Bonchev–Trinajstić information content (AvgIpc) is 2.30. The Balaban J connectivity index is 2.48. The molecule has 1 heterocycles. The molecule has 1 fully saturated rings. The molecule has 2 rings (SSSR count). The number of halogens is 1. The summed E-state index contributed by atoms with van der Waals surface area (Å²) in [6.07, 6.45) is 3.08. The molecule has 1 aromatic rings. The highest BCUT2D eigenvalue weighted by Crippen LogP contribution is 2.33. The lowest BCUT2D eigenvalue weighted by atomic mass is 9.96. The van der Waals surface area contributed by atoms with E-state index >= 15 is 0 Å². The number of anilines is 2. The van der Waals surface area contributed by atoms with E-state index in [0.29, 0.717) is 5.69 Å². The van der Waals surface area contributed by atoms with Gasteiger partial charge in [-0.25, -0.2) is 9.18 Å². The number of aromatic carboxylic acids is 1. The second-order valence-corrected chi connectivity index (χ2v) is 5.23. The highest BCUT2D eigenvalue weighted by molar-refractivity contribution is 5.95. The number of hydrogen-bond acceptors (Lipinski definition) is 3. The third-order valence-corrected chi connectivity index (χ3v) is 3.82. The van der Waals surface area contributed by atoms with Gasteiger partial charge in [0.05, 0.1) is 11.3 Å². The summed E-state index contributed by atoms with van der Waals surface area (Å²) in [6.45, 7) is 4.07. The highest BCUT2D eigenvalue weighted by atomic mass is 19.1. The van der Waals surface area contributed by atoms with Gasteiger partial charge in [-0.05, 0) is 45.2 Å². The number of nitrogens with two attached hydrogens (primary N) is 1. The molecule has 5 heteroatoms. The molecule has 0 amide bonds. The van der Waals surface area contributed by atoms with Crippen molar-refractivity contribution in [2.24, 2.45) is 0 Å². The molecular formula is C14H19FN2O2. The van der Waals surface area contributed by atoms with Crippen molar-refractivity contribution in [3.8, 4) is 0 Å². The minimum atomic E-state index is -1.13. The number of nitrogen functional groups attached to an aromatic ring is 1. The lowest BCUT2D eigenvalue weighted by molar-refractivity contribution is 0.0698. The van der Waals surface area contributed by atoms with Crippen molar-refractivity contribution in [2.75, 3.05) is 10.6 Å². The Morgan fingerprint density at radius 2 is 1.95 bits per heavy atom. The first-order valence-corrected chi connectivity index (χ1v) is 6.52. The Morgan fingerprint density at radius 1 is 1.37 bits per heavy atom. The van der Waals surface area contributed by atoms with Crippen molar-refractivity contribution in [3.05, 3.63) is 23.5 Å². The molecule has 1 aromatic carbocycles. The Kier molecular flexibility index (Phi) is 3.64. The van der Waals surface area contributed by atoms with E-state index in [1.54, 1.807) is 0 Å². The van der Waals surface area contributed by atoms with Gasteiger partial charge in [-0.15, -0.1) is 0 Å². The Labute approximate surface area is 112 Å². The van der Waals surface area contributed by atoms with Gasteiger partial charge >= 0.3 is 5.97 Å². The van der Waals surface area contributed by atoms with Gasteiger partial charge in [0.15, 0.2) is 0 Å². The third kappa shape index (κ3) is 2.50. The van der Waals surface area contributed by atoms with Crippen LogP contribution in [0.3, 0.4) is 0 Å². The SMILES string of the molecule is C[C@@H]1CCC[C@H](C)N1c1cc(C(=O)O)c(N)cc1F. The minimum Gasteiger partial charge on any atom is -0.478 e. The molecule has 4 nitrogen and oxygen atoms in total. The van der Waals surface area contributed by atoms with Crippen LogP contribution in [0.15, 0.2) is 12.1 Å². The quantitative estimate of drug-likeness (QED) is 0.808. The second kappa shape index (κ2) is 5.07. The molecule has 0 aliphatic carbocycles. The molecule has 2 atom stereocenters. The normalized spacial score (nSPS) is 23.4. The number of carboxylic acid groups (broad SMARTS) is 1. The van der Waals surface area contributed by atoms with Crippen LogP contribution in [0.2, 0.25) is 0 Å². The van der Waals surface area contributed by atoms with Gasteiger partial charge in [-0.3, -0.25) is 0 Å². The van der Waals surface area contributed by atoms with Crippen LogP contribution in [-0.4, -0.2) is 23.2 Å². The molecule has 1 saturated heterocycles. The number of benzene rings is 1. The van der Waals surface area contributed by atoms with E-state index in [4.69, 9.17) is 10.8 Å². The Bertz CT molecular complexity index is 494. The van der Waals surface area contributed by atoms with Gasteiger partial charge in [0.25, 0.3) is 0 Å². The molecule has 1 aliphatic heterocycles. The van der Waals surface area contributed by atoms with Crippen LogP contribution >= 0.6 is 0 Å². The van der Waals surface area contributed by atoms with Crippen molar-refractivity contribution in [2.45, 2.75) is 45.2 Å². The number of piperidine rings is 1. The van der Waals surface area contributed by atoms with Gasteiger partial charge in [0.2, 0.25) is 0 Å². The van der Waals surface area contributed by atoms with Gasteiger partial charge < -0.3 is 15.7 Å². The molecular weight excluding hydrogens is 247 g/mol. The van der Waals surface area contributed by atoms with Crippen molar-refractivity contribution >= 4 is 17.3 Å². The summed E-state index contributed by atoms with van der Waals surface area (Å²) in [5, 5.41) is 9.09. The number of nitrogens with zero attached hydrogens (tertiary/aromatic N) is 1. The van der Waals surface area contributed by atoms with E-state index in [1.807, 2.05) is 18.7 Å². The topological polar surface area (TPSA) is 66.6 Å². The predicted molar refractivity (Wildman–Crippen MR) is 73.0 cm³/mol. The molecule has 0 saturated carbocycles. The summed E-state index contributed by atoms with van der Waals surface area (Å²) in [5.41, 5.74) is 5.81. The van der Waals surface area contributed by atoms with Crippen LogP contribution in [0.4, 0.5) is 15.8 Å². The van der Waals surface area contributed by atoms with Crippen molar-refractivity contribution in [1.82, 2.24) is 0 Å². The van der Waals surface area contributed by atoms with Gasteiger partial charge in [-0.1, -0.05) is 0 Å². The van der Waals surface area contributed by atoms with E-state index in [9.17, 15) is 9.18 Å². The van der Waals surface area contributed by atoms with Gasteiger partial charge in [0, 0.05) is 17.8 Å². The highest BCUT2D eigenvalue weighted by Gasteiger charge is 2.28. The summed E-state index contributed by atoms with van der Waals surface area (Å²) >= 11 is 0. The predicted octanol–water partition coefficient (Wildman–Crippen LogP) is 2.87. The molecule has 0 aromatic heterocycles. The number of rotatable bonds is 2. The van der Waals surface area contributed by atoms with E-state index in [2.05, 4.69) is 0 Å². The molecule has 19 heavy (non-hydrogen) atoms. The smallest absolute Gasteiger partial charge is 0.337 e. The van der Waals surface area contributed by atoms with E-state index in [0.717, 1.165) is 25.3 Å². The maximum atomic E-state index is 14.1. The van der Waals surface area contributed by atoms with Crippen LogP contribution in [0.5, 0.6) is 0 Å². The molecule has 3 N–H and O–H groups in total. The fourth-order valence-corrected chi connectivity index (χ4v) is 2.86. The van der Waals surface area contributed by atoms with Crippen LogP contribution in [0, 0.1) is 5.82 Å². The molecule has 0 radical (unpaired) electrons. The van der Waals surface area contributed by atoms with E-state index in [1.165, 1.54) is 6.07 Å². The van der Waals surface area contributed by atoms with E-state index < -0.39 is 11.8 Å². The number of hydrogen-bond donors (Lipinski definition) is 2. The number of carbonyl (C=O) groups is 1. The first-order valence-electron chi connectivity index (χ1n) is 6.52. The van der Waals surface area contributed by atoms with Crippen molar-refractivity contribution in [1.29, 1.82) is 0 Å². The number of carboxylic acids is 1. The Morgan fingerprint density at radius 3 is 2.47 bits per heavy atom. The zero-order valence-corrected chi connectivity index (χ0v) is 11.2. The second-order valence-electron chi connectivity index (χ2n) is 5.23. The van der Waals surface area contributed by atoms with E-state index in [-0.39, 0.29) is 23.3 Å². The van der Waals surface area contributed by atoms with Crippen LogP contribution in [0.25, 0.3) is 0 Å². The zero-order chi connectivity index (χ0) is 14.2. The maximum Gasteiger partial charge on any atom is 0.337 e. The van der Waals surface area contributed by atoms with Gasteiger partial charge in [0.1, 0.15) is 5.82 Å². The molecule has 0 spiro atoms. The lowest BCUT2D eigenvalue weighted by Crippen LogP contribution is -2.44. The first-order chi connectivity index (χ1) is 8.91. The Hall–Kier alpha value is -1.78. The molecule has 104 valence electrons. The standard InChI is InChI=1S/C14H19FN2O2/c1-8-4-3-5-9(2)17(8)13-6-10(14(18)19)12(16)7-11(13)15/h6-9H,3-5,16H2,1-2H3,(H,18,19)/t8-,9+.